The first-order chi connectivity index (χ1) is 21.4. The number of hydrogen-bond donors (Lipinski definition) is 2. The molecule has 2 rings (SSSR count). The molecule has 0 amide bonds. The van der Waals surface area contributed by atoms with Crippen molar-refractivity contribution >= 4 is 15.0 Å². The third kappa shape index (κ3) is 16.4. The first-order valence-corrected chi connectivity index (χ1v) is 23.0. The fraction of sp³-hybridized carbons (Fsp3) is 1.00. The van der Waals surface area contributed by atoms with Gasteiger partial charge in [0, 0.05) is 10.3 Å². The third-order valence-electron chi connectivity index (χ3n) is 11.0. The van der Waals surface area contributed by atoms with Crippen LogP contribution in [0.1, 0.15) is 218 Å². The zero-order valence-electron chi connectivity index (χ0n) is 38.3. The molecule has 0 radical (unpaired) electrons. The lowest BCUT2D eigenvalue weighted by Gasteiger charge is -2.60. The molecule has 0 aromatic heterocycles. The minimum atomic E-state index is -3.50. The summed E-state index contributed by atoms with van der Waals surface area (Å²) in [5, 5.41) is -1.73. The van der Waals surface area contributed by atoms with Crippen LogP contribution >= 0.6 is 15.0 Å². The van der Waals surface area contributed by atoms with E-state index in [9.17, 15) is 18.9 Å². The molecular weight excluding hydrogens is 658 g/mol. The highest BCUT2D eigenvalue weighted by molar-refractivity contribution is 7.61. The van der Waals surface area contributed by atoms with Crippen molar-refractivity contribution in [3.05, 3.63) is 0 Å². The third-order valence-corrected chi connectivity index (χ3v) is 17.2. The predicted molar refractivity (Wildman–Crippen MR) is 224 cm³/mol. The monoisotopic (exact) mass is 751 g/mol. The van der Waals surface area contributed by atoms with Gasteiger partial charge in [0.15, 0.2) is 0 Å². The normalized spacial score (nSPS) is 22.3. The van der Waals surface area contributed by atoms with Crippen LogP contribution in [-0.2, 0) is 13.7 Å². The Labute approximate surface area is 315 Å². The Morgan fingerprint density at radius 1 is 0.560 bits per heavy atom. The lowest BCUT2D eigenvalue weighted by Crippen LogP contribution is -2.51. The molecule has 5 nitrogen and oxygen atoms in total. The summed E-state index contributed by atoms with van der Waals surface area (Å²) in [7, 11) is -6.56. The quantitative estimate of drug-likeness (QED) is 0.275. The van der Waals surface area contributed by atoms with E-state index in [0.717, 1.165) is 11.8 Å². The maximum atomic E-state index is 11.8. The zero-order valence-corrected chi connectivity index (χ0v) is 40.1. The van der Waals surface area contributed by atoms with Crippen molar-refractivity contribution in [2.24, 2.45) is 38.9 Å². The second-order valence-electron chi connectivity index (χ2n) is 24.0. The highest BCUT2D eigenvalue weighted by Gasteiger charge is 2.53. The van der Waals surface area contributed by atoms with Gasteiger partial charge in [-0.3, -0.25) is 9.13 Å². The second-order valence-corrected chi connectivity index (χ2v) is 30.4. The summed E-state index contributed by atoms with van der Waals surface area (Å²) in [4.78, 5) is 19.3. The molecule has 0 saturated heterocycles. The molecule has 0 heterocycles. The van der Waals surface area contributed by atoms with Crippen molar-refractivity contribution in [3.8, 4) is 0 Å². The first-order valence-electron chi connectivity index (χ1n) is 19.7. The van der Waals surface area contributed by atoms with Crippen molar-refractivity contribution in [3.63, 3.8) is 0 Å². The molecule has 0 spiro atoms. The van der Waals surface area contributed by atoms with Crippen LogP contribution in [0.4, 0.5) is 0 Å². The molecular formula is C43H92O5P2. The van der Waals surface area contributed by atoms with E-state index in [1.54, 1.807) is 83.1 Å². The van der Waals surface area contributed by atoms with Crippen LogP contribution in [0.2, 0.25) is 0 Å². The highest BCUT2D eigenvalue weighted by atomic mass is 31.2. The summed E-state index contributed by atoms with van der Waals surface area (Å²) in [6.07, 6.45) is 11.6. The van der Waals surface area contributed by atoms with Crippen LogP contribution < -0.4 is 0 Å². The van der Waals surface area contributed by atoms with E-state index < -0.39 is 36.0 Å². The largest absolute Gasteiger partial charge is 0.344 e. The van der Waals surface area contributed by atoms with Crippen LogP contribution in [-0.4, -0.2) is 30.9 Å². The standard InChI is InChI=1S/C15H30.C12H24.C8H19O3P.C8H19O2P/c1-14(2,3)11-12-9-7-8-10-13(12)15(4,5)6;1-10(2,3)12(8-7-9-12)11(4,5)6;1-7(2,3)11-12(9,10)8(4,5)6;1-7(2,3)11(9,10)8(4,5)6/h12-13H,7-11H2,1-6H3;7-9H2,1-6H3;1-6H3,(H,9,10);1-6H3,(H,9,10). The summed E-state index contributed by atoms with van der Waals surface area (Å²) >= 11 is 0. The van der Waals surface area contributed by atoms with Crippen molar-refractivity contribution in [2.45, 2.75) is 239 Å². The van der Waals surface area contributed by atoms with E-state index in [1.165, 1.54) is 51.4 Å². The maximum Gasteiger partial charge on any atom is 0.333 e. The lowest BCUT2D eigenvalue weighted by molar-refractivity contribution is -0.100. The SMILES string of the molecule is CC(C)(C)C1(C(C)(C)C)CCC1.CC(C)(C)CC1CCCCC1C(C)(C)C.CC(C)(C)OP(=O)(O)C(C)(C)C.CC(C)(C)P(=O)(O)C(C)(C)C. The molecule has 2 N–H and O–H groups in total. The fourth-order valence-corrected chi connectivity index (χ4v) is 11.1. The van der Waals surface area contributed by atoms with Crippen molar-refractivity contribution in [1.82, 2.24) is 0 Å². The van der Waals surface area contributed by atoms with Gasteiger partial charge in [-0.1, -0.05) is 150 Å². The Bertz CT molecular complexity index is 1060. The van der Waals surface area contributed by atoms with Gasteiger partial charge in [0.2, 0.25) is 7.37 Å². The summed E-state index contributed by atoms with van der Waals surface area (Å²) in [6, 6.07) is 0. The minimum absolute atomic E-state index is 0.476. The average Bonchev–Trinajstić information content (AvgIpc) is 2.72. The lowest BCUT2D eigenvalue weighted by atomic mass is 9.45. The van der Waals surface area contributed by atoms with Crippen LogP contribution in [0.3, 0.4) is 0 Å². The summed E-state index contributed by atoms with van der Waals surface area (Å²) in [5.74, 6) is 1.92. The Balaban J connectivity index is 0. The van der Waals surface area contributed by atoms with Crippen molar-refractivity contribution in [2.75, 3.05) is 0 Å². The van der Waals surface area contributed by atoms with Crippen LogP contribution in [0.25, 0.3) is 0 Å². The van der Waals surface area contributed by atoms with Gasteiger partial charge in [-0.2, -0.15) is 0 Å². The summed E-state index contributed by atoms with van der Waals surface area (Å²) in [5.41, 5.74) is 1.99. The summed E-state index contributed by atoms with van der Waals surface area (Å²) in [6.45, 7) is 50.1. The van der Waals surface area contributed by atoms with Gasteiger partial charge >= 0.3 is 7.60 Å². The van der Waals surface area contributed by atoms with Gasteiger partial charge in [-0.15, -0.1) is 0 Å². The maximum absolute atomic E-state index is 11.8. The average molecular weight is 751 g/mol. The molecule has 0 aromatic carbocycles. The molecule has 2 fully saturated rings. The smallest absolute Gasteiger partial charge is 0.333 e. The number of rotatable bonds is 2. The van der Waals surface area contributed by atoms with Crippen molar-refractivity contribution in [1.29, 1.82) is 0 Å². The topological polar surface area (TPSA) is 83.8 Å². The second kappa shape index (κ2) is 17.4. The van der Waals surface area contributed by atoms with Gasteiger partial charge in [0.25, 0.3) is 0 Å². The van der Waals surface area contributed by atoms with Gasteiger partial charge in [0.05, 0.1) is 10.8 Å². The molecule has 3 atom stereocenters. The minimum Gasteiger partial charge on any atom is -0.344 e. The summed E-state index contributed by atoms with van der Waals surface area (Å²) < 4.78 is 28.5. The van der Waals surface area contributed by atoms with Gasteiger partial charge in [0.1, 0.15) is 0 Å². The number of hydrogen-bond acceptors (Lipinski definition) is 3. The highest BCUT2D eigenvalue weighted by Crippen LogP contribution is 2.64. The Kier molecular flexibility index (Phi) is 18.3. The molecule has 2 aliphatic rings. The first kappa shape index (κ1) is 52.4. The molecule has 0 aliphatic heterocycles. The van der Waals surface area contributed by atoms with E-state index >= 15 is 0 Å². The molecule has 2 saturated carbocycles. The Morgan fingerprint density at radius 3 is 1.08 bits per heavy atom. The predicted octanol–water partition coefficient (Wildman–Crippen LogP) is 15.2. The molecule has 2 aliphatic carbocycles. The van der Waals surface area contributed by atoms with Crippen molar-refractivity contribution < 1.29 is 23.4 Å². The van der Waals surface area contributed by atoms with Gasteiger partial charge in [-0.25, -0.2) is 0 Å². The van der Waals surface area contributed by atoms with Crippen LogP contribution in [0.15, 0.2) is 0 Å². The fourth-order valence-electron chi connectivity index (χ4n) is 8.05. The van der Waals surface area contributed by atoms with Crippen LogP contribution in [0.5, 0.6) is 0 Å². The Hall–Kier alpha value is 0.340. The zero-order chi connectivity index (χ0) is 41.0. The molecule has 3 unspecified atom stereocenters. The van der Waals surface area contributed by atoms with E-state index in [-0.39, 0.29) is 0 Å². The van der Waals surface area contributed by atoms with Crippen LogP contribution in [0, 0.1) is 38.9 Å². The molecule has 7 heteroatoms. The van der Waals surface area contributed by atoms with E-state index in [0.29, 0.717) is 27.1 Å². The molecule has 0 aromatic rings. The molecule has 0 bridgehead atoms. The van der Waals surface area contributed by atoms with E-state index in [1.807, 2.05) is 0 Å². The van der Waals surface area contributed by atoms with Gasteiger partial charge in [-0.05, 0) is 106 Å². The Morgan fingerprint density at radius 2 is 0.920 bits per heavy atom. The van der Waals surface area contributed by atoms with E-state index in [4.69, 9.17) is 4.52 Å². The molecule has 50 heavy (non-hydrogen) atoms. The molecule has 304 valence electrons. The van der Waals surface area contributed by atoms with Gasteiger partial charge < -0.3 is 14.3 Å². The van der Waals surface area contributed by atoms with E-state index in [2.05, 4.69) is 83.1 Å².